The molecule has 1 aliphatic rings. The van der Waals surface area contributed by atoms with Gasteiger partial charge in [0.1, 0.15) is 13.2 Å². The quantitative estimate of drug-likeness (QED) is 0.603. The molecule has 2 heterocycles. The summed E-state index contributed by atoms with van der Waals surface area (Å²) in [6.45, 7) is 3.92. The number of aromatic amines is 1. The molecule has 0 bridgehead atoms. The Morgan fingerprint density at radius 3 is 2.55 bits per heavy atom. The lowest BCUT2D eigenvalue weighted by Crippen LogP contribution is -2.35. The van der Waals surface area contributed by atoms with Gasteiger partial charge in [-0.2, -0.15) is 4.31 Å². The van der Waals surface area contributed by atoms with E-state index in [9.17, 15) is 18.3 Å². The lowest BCUT2D eigenvalue weighted by atomic mass is 10.0. The minimum atomic E-state index is -4.00. The van der Waals surface area contributed by atoms with Crippen LogP contribution in [-0.2, 0) is 16.6 Å². The summed E-state index contributed by atoms with van der Waals surface area (Å²) in [5, 5.41) is 10.3. The van der Waals surface area contributed by atoms with Gasteiger partial charge in [-0.05, 0) is 49.2 Å². The lowest BCUT2D eigenvalue weighted by Gasteiger charge is -2.23. The van der Waals surface area contributed by atoms with Gasteiger partial charge >= 0.3 is 0 Å². The van der Waals surface area contributed by atoms with Crippen molar-refractivity contribution in [3.8, 4) is 11.5 Å². The summed E-state index contributed by atoms with van der Waals surface area (Å²) in [4.78, 5) is 15.5. The molecule has 2 N–H and O–H groups in total. The first-order chi connectivity index (χ1) is 14.8. The first-order valence-electron chi connectivity index (χ1n) is 9.93. The molecule has 0 aliphatic carbocycles. The molecule has 0 unspecified atom stereocenters. The van der Waals surface area contributed by atoms with Crippen LogP contribution in [0.15, 0.2) is 46.1 Å². The summed E-state index contributed by atoms with van der Waals surface area (Å²) >= 11 is 0. The van der Waals surface area contributed by atoms with Gasteiger partial charge in [0.25, 0.3) is 5.56 Å². The fourth-order valence-electron chi connectivity index (χ4n) is 3.75. The van der Waals surface area contributed by atoms with Crippen molar-refractivity contribution in [3.63, 3.8) is 0 Å². The van der Waals surface area contributed by atoms with E-state index in [4.69, 9.17) is 9.47 Å². The average Bonchev–Trinajstić information content (AvgIpc) is 2.73. The molecule has 164 valence electrons. The van der Waals surface area contributed by atoms with E-state index in [-0.39, 0.29) is 30.2 Å². The van der Waals surface area contributed by atoms with E-state index in [2.05, 4.69) is 4.98 Å². The fourth-order valence-corrected chi connectivity index (χ4v) is 5.18. The number of rotatable bonds is 6. The molecular formula is C22H24N2O6S. The van der Waals surface area contributed by atoms with Crippen molar-refractivity contribution in [2.75, 3.05) is 26.4 Å². The second-order valence-electron chi connectivity index (χ2n) is 7.53. The van der Waals surface area contributed by atoms with Gasteiger partial charge in [-0.15, -0.1) is 0 Å². The summed E-state index contributed by atoms with van der Waals surface area (Å²) in [7, 11) is -4.00. The molecule has 9 heteroatoms. The van der Waals surface area contributed by atoms with Crippen molar-refractivity contribution < 1.29 is 23.0 Å². The van der Waals surface area contributed by atoms with Gasteiger partial charge < -0.3 is 19.6 Å². The maximum atomic E-state index is 13.3. The van der Waals surface area contributed by atoms with Crippen LogP contribution in [0.25, 0.3) is 10.9 Å². The number of hydrogen-bond donors (Lipinski definition) is 2. The molecule has 4 rings (SSSR count). The Morgan fingerprint density at radius 2 is 1.81 bits per heavy atom. The highest BCUT2D eigenvalue weighted by atomic mass is 32.2. The van der Waals surface area contributed by atoms with Crippen molar-refractivity contribution in [2.45, 2.75) is 25.3 Å². The molecule has 31 heavy (non-hydrogen) atoms. The number of H-pyrrole nitrogens is 1. The van der Waals surface area contributed by atoms with Crippen molar-refractivity contribution >= 4 is 20.9 Å². The first kappa shape index (κ1) is 21.4. The van der Waals surface area contributed by atoms with Crippen LogP contribution in [-0.4, -0.2) is 49.2 Å². The van der Waals surface area contributed by atoms with Crippen LogP contribution < -0.4 is 15.0 Å². The van der Waals surface area contributed by atoms with Crippen LogP contribution in [0.1, 0.15) is 16.7 Å². The maximum Gasteiger partial charge on any atom is 0.252 e. The minimum absolute atomic E-state index is 0.00854. The molecule has 0 spiro atoms. The highest BCUT2D eigenvalue weighted by molar-refractivity contribution is 7.89. The van der Waals surface area contributed by atoms with E-state index in [1.165, 1.54) is 12.1 Å². The van der Waals surface area contributed by atoms with Gasteiger partial charge in [0.05, 0.1) is 11.5 Å². The number of benzene rings is 2. The summed E-state index contributed by atoms with van der Waals surface area (Å²) in [5.74, 6) is 0.835. The Balaban J connectivity index is 1.72. The Hall–Kier alpha value is -2.88. The van der Waals surface area contributed by atoms with Gasteiger partial charge in [0, 0.05) is 35.6 Å². The van der Waals surface area contributed by atoms with Crippen LogP contribution >= 0.6 is 0 Å². The molecule has 3 aromatic rings. The van der Waals surface area contributed by atoms with Gasteiger partial charge in [0.2, 0.25) is 10.0 Å². The highest BCUT2D eigenvalue weighted by Crippen LogP contribution is 2.33. The third-order valence-corrected chi connectivity index (χ3v) is 7.08. The standard InChI is InChI=1S/C22H24N2O6S/c1-14-9-15(2)18-11-16(22(26)23-19(18)10-14)13-24(5-6-25)31(27,28)17-3-4-20-21(12-17)30-8-7-29-20/h3-4,9-12,25H,5-8,13H2,1-2H3,(H,23,26). The van der Waals surface area contributed by atoms with E-state index in [1.54, 1.807) is 12.1 Å². The predicted octanol–water partition coefficient (Wildman–Crippen LogP) is 2.10. The zero-order valence-corrected chi connectivity index (χ0v) is 18.2. The number of aryl methyl sites for hydroxylation is 2. The summed E-state index contributed by atoms with van der Waals surface area (Å²) < 4.78 is 38.7. The zero-order valence-electron chi connectivity index (χ0n) is 17.3. The number of sulfonamides is 1. The number of ether oxygens (including phenoxy) is 2. The largest absolute Gasteiger partial charge is 0.486 e. The third kappa shape index (κ3) is 4.16. The molecule has 0 radical (unpaired) electrons. The predicted molar refractivity (Wildman–Crippen MR) is 116 cm³/mol. The van der Waals surface area contributed by atoms with Crippen LogP contribution in [0.3, 0.4) is 0 Å². The smallest absolute Gasteiger partial charge is 0.252 e. The van der Waals surface area contributed by atoms with E-state index in [0.29, 0.717) is 35.8 Å². The molecule has 2 aromatic carbocycles. The maximum absolute atomic E-state index is 13.3. The van der Waals surface area contributed by atoms with E-state index >= 15 is 0 Å². The van der Waals surface area contributed by atoms with E-state index in [1.807, 2.05) is 26.0 Å². The molecule has 1 aliphatic heterocycles. The third-order valence-electron chi connectivity index (χ3n) is 5.24. The molecule has 0 fully saturated rings. The minimum Gasteiger partial charge on any atom is -0.486 e. The van der Waals surface area contributed by atoms with Gasteiger partial charge in [-0.1, -0.05) is 6.07 Å². The zero-order chi connectivity index (χ0) is 22.2. The molecule has 1 aromatic heterocycles. The van der Waals surface area contributed by atoms with E-state index < -0.39 is 10.0 Å². The monoisotopic (exact) mass is 444 g/mol. The highest BCUT2D eigenvalue weighted by Gasteiger charge is 2.27. The SMILES string of the molecule is Cc1cc(C)c2cc(CN(CCO)S(=O)(=O)c3ccc4c(c3)OCCO4)c(=O)[nH]c2c1. The summed E-state index contributed by atoms with van der Waals surface area (Å²) in [6.07, 6.45) is 0. The topological polar surface area (TPSA) is 109 Å². The molecule has 0 atom stereocenters. The summed E-state index contributed by atoms with van der Waals surface area (Å²) in [5.41, 5.74) is 2.65. The molecule has 0 amide bonds. The number of nitrogens with one attached hydrogen (secondary N) is 1. The van der Waals surface area contributed by atoms with Gasteiger partial charge in [-0.25, -0.2) is 8.42 Å². The van der Waals surface area contributed by atoms with Crippen LogP contribution in [0.4, 0.5) is 0 Å². The van der Waals surface area contributed by atoms with E-state index in [0.717, 1.165) is 20.8 Å². The Kier molecular flexibility index (Phi) is 5.74. The summed E-state index contributed by atoms with van der Waals surface area (Å²) in [6, 6.07) is 9.99. The number of pyridine rings is 1. The van der Waals surface area contributed by atoms with Crippen molar-refractivity contribution in [1.82, 2.24) is 9.29 Å². The van der Waals surface area contributed by atoms with Crippen LogP contribution in [0.5, 0.6) is 11.5 Å². The Morgan fingerprint density at radius 1 is 1.06 bits per heavy atom. The van der Waals surface area contributed by atoms with Crippen LogP contribution in [0.2, 0.25) is 0 Å². The molecule has 8 nitrogen and oxygen atoms in total. The average molecular weight is 445 g/mol. The number of aromatic nitrogens is 1. The van der Waals surface area contributed by atoms with Gasteiger partial charge in [0.15, 0.2) is 11.5 Å². The second-order valence-corrected chi connectivity index (χ2v) is 9.47. The number of fused-ring (bicyclic) bond motifs is 2. The van der Waals surface area contributed by atoms with Crippen molar-refractivity contribution in [3.05, 3.63) is 63.4 Å². The number of hydrogen-bond acceptors (Lipinski definition) is 6. The number of aliphatic hydroxyl groups is 1. The van der Waals surface area contributed by atoms with Crippen molar-refractivity contribution in [1.29, 1.82) is 0 Å². The molecule has 0 saturated carbocycles. The Labute approximate surface area is 180 Å². The fraction of sp³-hybridized carbons (Fsp3) is 0.318. The first-order valence-corrected chi connectivity index (χ1v) is 11.4. The number of aliphatic hydroxyl groups excluding tert-OH is 1. The van der Waals surface area contributed by atoms with Crippen molar-refractivity contribution in [2.24, 2.45) is 0 Å². The second kappa shape index (κ2) is 8.33. The van der Waals surface area contributed by atoms with Crippen LogP contribution in [0, 0.1) is 13.8 Å². The number of nitrogens with zero attached hydrogens (tertiary/aromatic N) is 1. The Bertz CT molecular complexity index is 1300. The lowest BCUT2D eigenvalue weighted by molar-refractivity contribution is 0.171. The molecular weight excluding hydrogens is 420 g/mol. The molecule has 0 saturated heterocycles. The van der Waals surface area contributed by atoms with Gasteiger partial charge in [-0.3, -0.25) is 4.79 Å². The normalized spacial score (nSPS) is 13.7.